The minimum Gasteiger partial charge on any atom is -0.467 e. The monoisotopic (exact) mass is 317 g/mol. The highest BCUT2D eigenvalue weighted by atomic mass is 16.5. The summed E-state index contributed by atoms with van der Waals surface area (Å²) in [6.45, 7) is 0. The summed E-state index contributed by atoms with van der Waals surface area (Å²) in [6.07, 6.45) is 6.63. The van der Waals surface area contributed by atoms with Crippen molar-refractivity contribution in [2.24, 2.45) is 0 Å². The molecule has 1 rings (SSSR count). The number of carbonyl (C=O) groups excluding carboxylic acids is 3. The summed E-state index contributed by atoms with van der Waals surface area (Å²) in [7, 11) is 2.51. The largest absolute Gasteiger partial charge is 0.467 e. The summed E-state index contributed by atoms with van der Waals surface area (Å²) < 4.78 is 9.29. The molecule has 122 valence electrons. The summed E-state index contributed by atoms with van der Waals surface area (Å²) in [5.74, 6) is 0.910. The van der Waals surface area contributed by atoms with Crippen LogP contribution < -0.4 is 5.32 Å². The lowest BCUT2D eigenvalue weighted by Crippen LogP contribution is -2.41. The van der Waals surface area contributed by atoms with Crippen LogP contribution >= 0.6 is 0 Å². The lowest BCUT2D eigenvalue weighted by atomic mass is 10.1. The van der Waals surface area contributed by atoms with E-state index in [1.54, 1.807) is 6.07 Å². The van der Waals surface area contributed by atoms with E-state index in [1.807, 2.05) is 0 Å². The first-order valence-corrected chi connectivity index (χ1v) is 7.04. The van der Waals surface area contributed by atoms with Crippen molar-refractivity contribution in [2.75, 3.05) is 14.2 Å². The molecule has 1 aromatic carbocycles. The topological polar surface area (TPSA) is 81.7 Å². The molecule has 6 heteroatoms. The molecule has 0 bridgehead atoms. The highest BCUT2D eigenvalue weighted by Gasteiger charge is 2.22. The van der Waals surface area contributed by atoms with Gasteiger partial charge in [0.1, 0.15) is 6.04 Å². The van der Waals surface area contributed by atoms with Gasteiger partial charge in [-0.25, -0.2) is 9.59 Å². The van der Waals surface area contributed by atoms with E-state index in [-0.39, 0.29) is 11.1 Å². The maximum atomic E-state index is 12.3. The average molecular weight is 317 g/mol. The molecule has 0 spiro atoms. The lowest BCUT2D eigenvalue weighted by Gasteiger charge is -2.16. The SMILES string of the molecule is C#CCCC[C@@H](NC(=O)c1cccc(C(=O)OC)c1)C(=O)OC. The molecular formula is C17H19NO5. The first-order valence-electron chi connectivity index (χ1n) is 7.04. The van der Waals surface area contributed by atoms with Crippen molar-refractivity contribution < 1.29 is 23.9 Å². The number of hydrogen-bond donors (Lipinski definition) is 1. The van der Waals surface area contributed by atoms with Gasteiger partial charge in [-0.3, -0.25) is 4.79 Å². The summed E-state index contributed by atoms with van der Waals surface area (Å²) in [5.41, 5.74) is 0.501. The molecule has 6 nitrogen and oxygen atoms in total. The van der Waals surface area contributed by atoms with Gasteiger partial charge in [-0.15, -0.1) is 12.3 Å². The highest BCUT2D eigenvalue weighted by molar-refractivity contribution is 5.99. The molecule has 0 aliphatic carbocycles. The minimum absolute atomic E-state index is 0.249. The van der Waals surface area contributed by atoms with Crippen LogP contribution in [0.2, 0.25) is 0 Å². The third kappa shape index (κ3) is 5.47. The number of benzene rings is 1. The Morgan fingerprint density at radius 2 is 1.91 bits per heavy atom. The zero-order valence-electron chi connectivity index (χ0n) is 13.1. The van der Waals surface area contributed by atoms with Gasteiger partial charge in [-0.1, -0.05) is 6.07 Å². The summed E-state index contributed by atoms with van der Waals surface area (Å²) in [6, 6.07) is 5.25. The Labute approximate surface area is 135 Å². The molecule has 0 aliphatic heterocycles. The Morgan fingerprint density at radius 3 is 2.52 bits per heavy atom. The first kappa shape index (κ1) is 18.2. The molecule has 0 aromatic heterocycles. The maximum Gasteiger partial charge on any atom is 0.337 e. The molecule has 23 heavy (non-hydrogen) atoms. The Kier molecular flexibility index (Phi) is 7.34. The Morgan fingerprint density at radius 1 is 1.22 bits per heavy atom. The molecule has 0 fully saturated rings. The van der Waals surface area contributed by atoms with E-state index in [1.165, 1.54) is 32.4 Å². The number of amides is 1. The van der Waals surface area contributed by atoms with Crippen LogP contribution in [0.25, 0.3) is 0 Å². The molecule has 0 heterocycles. The molecule has 0 unspecified atom stereocenters. The standard InChI is InChI=1S/C17H19NO5/c1-4-5-6-10-14(17(21)23-3)18-15(19)12-8-7-9-13(11-12)16(20)22-2/h1,7-9,11,14H,5-6,10H2,2-3H3,(H,18,19)/t14-/m1/s1. The predicted octanol–water partition coefficient (Wildman–Crippen LogP) is 1.55. The van der Waals surface area contributed by atoms with Crippen molar-refractivity contribution in [3.63, 3.8) is 0 Å². The second kappa shape index (κ2) is 9.26. The average Bonchev–Trinajstić information content (AvgIpc) is 2.59. The van der Waals surface area contributed by atoms with Crippen molar-refractivity contribution in [3.05, 3.63) is 35.4 Å². The number of rotatable bonds is 7. The minimum atomic E-state index is -0.789. The second-order valence-corrected chi connectivity index (χ2v) is 4.72. The molecule has 0 saturated carbocycles. The van der Waals surface area contributed by atoms with E-state index in [9.17, 15) is 14.4 Å². The van der Waals surface area contributed by atoms with E-state index in [0.29, 0.717) is 19.3 Å². The first-order chi connectivity index (χ1) is 11.0. The number of carbonyl (C=O) groups is 3. The van der Waals surface area contributed by atoms with Gasteiger partial charge in [0.2, 0.25) is 0 Å². The number of ether oxygens (including phenoxy) is 2. The second-order valence-electron chi connectivity index (χ2n) is 4.72. The van der Waals surface area contributed by atoms with Gasteiger partial charge in [-0.05, 0) is 31.0 Å². The highest BCUT2D eigenvalue weighted by Crippen LogP contribution is 2.09. The van der Waals surface area contributed by atoms with Crippen LogP contribution in [0.4, 0.5) is 0 Å². The van der Waals surface area contributed by atoms with Crippen LogP contribution in [0.1, 0.15) is 40.0 Å². The van der Waals surface area contributed by atoms with Crippen molar-refractivity contribution in [2.45, 2.75) is 25.3 Å². The van der Waals surface area contributed by atoms with Crippen LogP contribution in [-0.2, 0) is 14.3 Å². The maximum absolute atomic E-state index is 12.3. The molecule has 0 aliphatic rings. The number of terminal acetylenes is 1. The van der Waals surface area contributed by atoms with Crippen LogP contribution in [0.15, 0.2) is 24.3 Å². The van der Waals surface area contributed by atoms with Crippen molar-refractivity contribution in [1.82, 2.24) is 5.32 Å². The van der Waals surface area contributed by atoms with Gasteiger partial charge in [0.05, 0.1) is 19.8 Å². The van der Waals surface area contributed by atoms with Crippen LogP contribution in [0.5, 0.6) is 0 Å². The number of nitrogens with one attached hydrogen (secondary N) is 1. The number of unbranched alkanes of at least 4 members (excludes halogenated alkanes) is 1. The van der Waals surface area contributed by atoms with E-state index in [0.717, 1.165) is 0 Å². The van der Waals surface area contributed by atoms with Crippen LogP contribution in [0, 0.1) is 12.3 Å². The normalized spacial score (nSPS) is 11.0. The zero-order valence-corrected chi connectivity index (χ0v) is 13.1. The van der Waals surface area contributed by atoms with Crippen molar-refractivity contribution in [1.29, 1.82) is 0 Å². The van der Waals surface area contributed by atoms with Crippen molar-refractivity contribution >= 4 is 17.8 Å². The van der Waals surface area contributed by atoms with Gasteiger partial charge in [0, 0.05) is 12.0 Å². The van der Waals surface area contributed by atoms with E-state index < -0.39 is 23.9 Å². The molecule has 1 atom stereocenters. The lowest BCUT2D eigenvalue weighted by molar-refractivity contribution is -0.143. The Bertz CT molecular complexity index is 618. The molecule has 1 N–H and O–H groups in total. The Balaban J connectivity index is 2.83. The fourth-order valence-electron chi connectivity index (χ4n) is 1.95. The van der Waals surface area contributed by atoms with Gasteiger partial charge in [0.15, 0.2) is 0 Å². The Hall–Kier alpha value is -2.81. The van der Waals surface area contributed by atoms with E-state index in [2.05, 4.69) is 20.7 Å². The fourth-order valence-corrected chi connectivity index (χ4v) is 1.95. The molecular weight excluding hydrogens is 298 g/mol. The number of hydrogen-bond acceptors (Lipinski definition) is 5. The zero-order chi connectivity index (χ0) is 17.2. The predicted molar refractivity (Wildman–Crippen MR) is 83.7 cm³/mol. The molecule has 0 saturated heterocycles. The summed E-state index contributed by atoms with van der Waals surface area (Å²) in [4.78, 5) is 35.5. The molecule has 1 amide bonds. The van der Waals surface area contributed by atoms with Crippen molar-refractivity contribution in [3.8, 4) is 12.3 Å². The third-order valence-corrected chi connectivity index (χ3v) is 3.15. The van der Waals surface area contributed by atoms with E-state index in [4.69, 9.17) is 6.42 Å². The van der Waals surface area contributed by atoms with Gasteiger partial charge in [-0.2, -0.15) is 0 Å². The quantitative estimate of drug-likeness (QED) is 0.469. The fraction of sp³-hybridized carbons (Fsp3) is 0.353. The summed E-state index contributed by atoms with van der Waals surface area (Å²) in [5, 5.41) is 2.59. The third-order valence-electron chi connectivity index (χ3n) is 3.15. The number of methoxy groups -OCH3 is 2. The van der Waals surface area contributed by atoms with Gasteiger partial charge in [0.25, 0.3) is 5.91 Å². The molecule has 0 radical (unpaired) electrons. The smallest absolute Gasteiger partial charge is 0.337 e. The van der Waals surface area contributed by atoms with E-state index >= 15 is 0 Å². The van der Waals surface area contributed by atoms with Crippen LogP contribution in [0.3, 0.4) is 0 Å². The number of esters is 2. The summed E-state index contributed by atoms with van der Waals surface area (Å²) >= 11 is 0. The molecule has 1 aromatic rings. The van der Waals surface area contributed by atoms with Crippen LogP contribution in [-0.4, -0.2) is 38.1 Å². The van der Waals surface area contributed by atoms with Gasteiger partial charge < -0.3 is 14.8 Å². The van der Waals surface area contributed by atoms with Gasteiger partial charge >= 0.3 is 11.9 Å².